The summed E-state index contributed by atoms with van der Waals surface area (Å²) in [6.45, 7) is 9.07. The van der Waals surface area contributed by atoms with E-state index in [0.717, 1.165) is 37.0 Å². The molecule has 0 aromatic rings. The molecule has 2 saturated carbocycles. The molecule has 3 aliphatic carbocycles. The van der Waals surface area contributed by atoms with Crippen molar-refractivity contribution in [1.29, 1.82) is 0 Å². The third-order valence-corrected chi connectivity index (χ3v) is 7.46. The van der Waals surface area contributed by atoms with Crippen LogP contribution in [-0.2, 0) is 4.79 Å². The summed E-state index contributed by atoms with van der Waals surface area (Å²) in [7, 11) is 0. The summed E-state index contributed by atoms with van der Waals surface area (Å²) >= 11 is 0. The second-order valence-corrected chi connectivity index (χ2v) is 8.95. The smallest absolute Gasteiger partial charge is 0.313 e. The lowest BCUT2D eigenvalue weighted by atomic mass is 9.48. The normalized spacial score (nSPS) is 45.0. The number of hydrogen-bond acceptors (Lipinski definition) is 1. The molecule has 5 atom stereocenters. The van der Waals surface area contributed by atoms with Gasteiger partial charge in [0.2, 0.25) is 0 Å². The zero-order valence-corrected chi connectivity index (χ0v) is 14.7. The lowest BCUT2D eigenvalue weighted by molar-refractivity contribution is -0.149. The van der Waals surface area contributed by atoms with Gasteiger partial charge in [-0.05, 0) is 74.5 Å². The standard InChI is InChI=1S/C20H32O2/c1-13(2)14-6-8-16-15(12-14)7-9-17-19(16,3)10-5-11-20(17,4)18(21)22/h9,13-16H,5-8,10-12H2,1-4H3,(H,21,22). The first-order chi connectivity index (χ1) is 10.3. The first-order valence-electron chi connectivity index (χ1n) is 9.23. The van der Waals surface area contributed by atoms with Gasteiger partial charge in [-0.3, -0.25) is 4.79 Å². The highest BCUT2D eigenvalue weighted by Gasteiger charge is 2.55. The fourth-order valence-corrected chi connectivity index (χ4v) is 6.05. The van der Waals surface area contributed by atoms with Gasteiger partial charge in [0.05, 0.1) is 5.41 Å². The van der Waals surface area contributed by atoms with Gasteiger partial charge in [-0.2, -0.15) is 0 Å². The Morgan fingerprint density at radius 3 is 2.64 bits per heavy atom. The van der Waals surface area contributed by atoms with Crippen LogP contribution in [0.1, 0.15) is 72.6 Å². The van der Waals surface area contributed by atoms with E-state index in [9.17, 15) is 9.90 Å². The lowest BCUT2D eigenvalue weighted by Gasteiger charge is -2.56. The minimum Gasteiger partial charge on any atom is -0.481 e. The zero-order chi connectivity index (χ0) is 16.1. The number of allylic oxidation sites excluding steroid dienone is 1. The van der Waals surface area contributed by atoms with Crippen LogP contribution in [0.3, 0.4) is 0 Å². The van der Waals surface area contributed by atoms with Crippen molar-refractivity contribution < 1.29 is 9.90 Å². The molecule has 0 bridgehead atoms. The van der Waals surface area contributed by atoms with E-state index in [4.69, 9.17) is 0 Å². The summed E-state index contributed by atoms with van der Waals surface area (Å²) in [4.78, 5) is 11.9. The Bertz CT molecular complexity index is 492. The van der Waals surface area contributed by atoms with Gasteiger partial charge in [-0.15, -0.1) is 0 Å². The Morgan fingerprint density at radius 2 is 2.00 bits per heavy atom. The molecule has 124 valence electrons. The monoisotopic (exact) mass is 304 g/mol. The highest BCUT2D eigenvalue weighted by molar-refractivity contribution is 5.79. The van der Waals surface area contributed by atoms with Crippen LogP contribution in [0.25, 0.3) is 0 Å². The summed E-state index contributed by atoms with van der Waals surface area (Å²) in [5.74, 6) is 2.54. The van der Waals surface area contributed by atoms with E-state index >= 15 is 0 Å². The Balaban J connectivity index is 1.93. The van der Waals surface area contributed by atoms with Crippen molar-refractivity contribution in [3.05, 3.63) is 11.6 Å². The Labute approximate surface area is 135 Å². The predicted octanol–water partition coefficient (Wildman–Crippen LogP) is 5.29. The Morgan fingerprint density at radius 1 is 1.27 bits per heavy atom. The molecule has 0 amide bonds. The quantitative estimate of drug-likeness (QED) is 0.704. The maximum absolute atomic E-state index is 11.9. The second-order valence-electron chi connectivity index (χ2n) is 8.95. The molecule has 0 aromatic carbocycles. The fraction of sp³-hybridized carbons (Fsp3) is 0.850. The average Bonchev–Trinajstić information content (AvgIpc) is 2.46. The third kappa shape index (κ3) is 2.25. The number of rotatable bonds is 2. The van der Waals surface area contributed by atoms with Crippen LogP contribution in [0, 0.1) is 34.5 Å². The van der Waals surface area contributed by atoms with E-state index in [1.165, 1.54) is 31.3 Å². The highest BCUT2D eigenvalue weighted by atomic mass is 16.4. The molecule has 0 heterocycles. The second kappa shape index (κ2) is 5.39. The molecule has 22 heavy (non-hydrogen) atoms. The summed E-state index contributed by atoms with van der Waals surface area (Å²) in [6.07, 6.45) is 10.5. The van der Waals surface area contributed by atoms with Crippen molar-refractivity contribution in [2.45, 2.75) is 72.6 Å². The van der Waals surface area contributed by atoms with Crippen LogP contribution in [0.2, 0.25) is 0 Å². The van der Waals surface area contributed by atoms with Crippen LogP contribution in [0.5, 0.6) is 0 Å². The Hall–Kier alpha value is -0.790. The summed E-state index contributed by atoms with van der Waals surface area (Å²) in [5, 5.41) is 9.82. The number of carboxylic acid groups (broad SMARTS) is 1. The minimum absolute atomic E-state index is 0.135. The number of fused-ring (bicyclic) bond motifs is 3. The predicted molar refractivity (Wildman–Crippen MR) is 89.6 cm³/mol. The first kappa shape index (κ1) is 16.1. The molecular weight excluding hydrogens is 272 g/mol. The summed E-state index contributed by atoms with van der Waals surface area (Å²) in [5.41, 5.74) is 0.784. The van der Waals surface area contributed by atoms with Crippen molar-refractivity contribution in [1.82, 2.24) is 0 Å². The number of hydrogen-bond donors (Lipinski definition) is 1. The van der Waals surface area contributed by atoms with E-state index < -0.39 is 11.4 Å². The average molecular weight is 304 g/mol. The minimum atomic E-state index is -0.618. The van der Waals surface area contributed by atoms with Crippen LogP contribution in [-0.4, -0.2) is 11.1 Å². The maximum atomic E-state index is 11.9. The van der Waals surface area contributed by atoms with Crippen molar-refractivity contribution in [2.75, 3.05) is 0 Å². The molecule has 2 nitrogen and oxygen atoms in total. The molecule has 2 fully saturated rings. The molecule has 2 heteroatoms. The highest BCUT2D eigenvalue weighted by Crippen LogP contribution is 2.62. The molecule has 5 unspecified atom stereocenters. The van der Waals surface area contributed by atoms with Gasteiger partial charge in [0.1, 0.15) is 0 Å². The van der Waals surface area contributed by atoms with E-state index in [2.05, 4.69) is 26.8 Å². The van der Waals surface area contributed by atoms with Gasteiger partial charge in [-0.1, -0.05) is 38.8 Å². The van der Waals surface area contributed by atoms with Gasteiger partial charge in [0.25, 0.3) is 0 Å². The molecule has 3 rings (SSSR count). The van der Waals surface area contributed by atoms with E-state index in [1.807, 2.05) is 6.92 Å². The maximum Gasteiger partial charge on any atom is 0.313 e. The van der Waals surface area contributed by atoms with Crippen LogP contribution in [0.4, 0.5) is 0 Å². The van der Waals surface area contributed by atoms with Crippen molar-refractivity contribution in [2.24, 2.45) is 34.5 Å². The van der Waals surface area contributed by atoms with Crippen molar-refractivity contribution in [3.8, 4) is 0 Å². The zero-order valence-electron chi connectivity index (χ0n) is 14.7. The van der Waals surface area contributed by atoms with E-state index in [-0.39, 0.29) is 5.41 Å². The molecular formula is C20H32O2. The molecule has 0 spiro atoms. The van der Waals surface area contributed by atoms with Crippen LogP contribution in [0.15, 0.2) is 11.6 Å². The molecule has 0 aliphatic heterocycles. The van der Waals surface area contributed by atoms with Crippen LogP contribution >= 0.6 is 0 Å². The molecule has 0 aromatic heterocycles. The van der Waals surface area contributed by atoms with Gasteiger partial charge in [0, 0.05) is 0 Å². The summed E-state index contributed by atoms with van der Waals surface area (Å²) in [6, 6.07) is 0. The number of carbonyl (C=O) groups is 1. The molecule has 0 saturated heterocycles. The topological polar surface area (TPSA) is 37.3 Å². The summed E-state index contributed by atoms with van der Waals surface area (Å²) < 4.78 is 0. The van der Waals surface area contributed by atoms with Gasteiger partial charge < -0.3 is 5.11 Å². The molecule has 3 aliphatic rings. The number of aliphatic carboxylic acids is 1. The van der Waals surface area contributed by atoms with E-state index in [0.29, 0.717) is 5.92 Å². The van der Waals surface area contributed by atoms with Crippen molar-refractivity contribution in [3.63, 3.8) is 0 Å². The van der Waals surface area contributed by atoms with Gasteiger partial charge >= 0.3 is 5.97 Å². The fourth-order valence-electron chi connectivity index (χ4n) is 6.05. The number of carboxylic acids is 1. The Kier molecular flexibility index (Phi) is 3.94. The molecule has 0 radical (unpaired) electrons. The lowest BCUT2D eigenvalue weighted by Crippen LogP contribution is -2.50. The SMILES string of the molecule is CC(C)C1CCC2C(CC=C3C(C)(C(=O)O)CCCC32C)C1. The van der Waals surface area contributed by atoms with Gasteiger partial charge in [-0.25, -0.2) is 0 Å². The van der Waals surface area contributed by atoms with E-state index in [1.54, 1.807) is 0 Å². The van der Waals surface area contributed by atoms with Gasteiger partial charge in [0.15, 0.2) is 0 Å². The van der Waals surface area contributed by atoms with Crippen molar-refractivity contribution >= 4 is 5.97 Å². The van der Waals surface area contributed by atoms with Crippen LogP contribution < -0.4 is 0 Å². The first-order valence-corrected chi connectivity index (χ1v) is 9.23. The largest absolute Gasteiger partial charge is 0.481 e. The third-order valence-electron chi connectivity index (χ3n) is 7.46. The molecule has 1 N–H and O–H groups in total.